The zero-order chi connectivity index (χ0) is 7.56. The standard InChI is InChI=1S/C7H3F2O/c8-6-2-1-5(4-10)3-7(6)9/h1-2,4H. The molecule has 0 amide bonds. The van der Waals surface area contributed by atoms with Gasteiger partial charge in [0.05, 0.1) is 0 Å². The molecule has 0 bridgehead atoms. The van der Waals surface area contributed by atoms with Crippen LogP contribution >= 0.6 is 0 Å². The van der Waals surface area contributed by atoms with Gasteiger partial charge in [-0.1, -0.05) is 0 Å². The molecule has 0 N–H and O–H groups in total. The van der Waals surface area contributed by atoms with Crippen LogP contribution in [0.3, 0.4) is 0 Å². The predicted molar refractivity (Wildman–Crippen MR) is 30.6 cm³/mol. The Hall–Kier alpha value is -1.25. The summed E-state index contributed by atoms with van der Waals surface area (Å²) in [5.74, 6) is -2.12. The van der Waals surface area contributed by atoms with Gasteiger partial charge in [0.2, 0.25) is 0 Å². The Bertz CT molecular complexity index is 258. The summed E-state index contributed by atoms with van der Waals surface area (Å²) in [6.45, 7) is 0. The summed E-state index contributed by atoms with van der Waals surface area (Å²) in [4.78, 5) is 9.95. The Morgan fingerprint density at radius 1 is 1.40 bits per heavy atom. The molecule has 0 saturated heterocycles. The predicted octanol–water partition coefficient (Wildman–Crippen LogP) is 1.58. The molecule has 0 saturated carbocycles. The third kappa shape index (κ3) is 1.18. The van der Waals surface area contributed by atoms with Crippen molar-refractivity contribution in [3.8, 4) is 0 Å². The maximum Gasteiger partial charge on any atom is 0.167 e. The maximum absolute atomic E-state index is 12.2. The second-order valence-electron chi connectivity index (χ2n) is 1.69. The van der Waals surface area contributed by atoms with Crippen molar-refractivity contribution in [2.75, 3.05) is 0 Å². The molecular formula is C7H3F2O. The van der Waals surface area contributed by atoms with Gasteiger partial charge in [-0.15, -0.1) is 0 Å². The lowest BCUT2D eigenvalue weighted by molar-refractivity contribution is 0.112. The molecule has 0 aromatic heterocycles. The summed E-state index contributed by atoms with van der Waals surface area (Å²) in [5, 5.41) is 0. The van der Waals surface area contributed by atoms with Crippen LogP contribution in [0.4, 0.5) is 8.78 Å². The van der Waals surface area contributed by atoms with Gasteiger partial charge in [-0.05, 0) is 12.1 Å². The number of hydrogen-bond donors (Lipinski definition) is 0. The van der Waals surface area contributed by atoms with Crippen LogP contribution in [0.2, 0.25) is 0 Å². The third-order valence-corrected chi connectivity index (χ3v) is 1.000. The average Bonchev–Trinajstić information content (AvgIpc) is 1.95. The van der Waals surface area contributed by atoms with Crippen LogP contribution < -0.4 is 0 Å². The molecule has 10 heavy (non-hydrogen) atoms. The molecule has 0 aliphatic carbocycles. The third-order valence-electron chi connectivity index (χ3n) is 1.000. The normalized spacial score (nSPS) is 9.40. The lowest BCUT2D eigenvalue weighted by atomic mass is 10.2. The van der Waals surface area contributed by atoms with Crippen LogP contribution in [0.1, 0.15) is 10.4 Å². The van der Waals surface area contributed by atoms with Crippen molar-refractivity contribution >= 4 is 6.29 Å². The smallest absolute Gasteiger partial charge is 0.167 e. The van der Waals surface area contributed by atoms with Crippen molar-refractivity contribution in [1.82, 2.24) is 0 Å². The van der Waals surface area contributed by atoms with Gasteiger partial charge >= 0.3 is 0 Å². The second kappa shape index (κ2) is 2.56. The number of carbonyl (C=O) groups is 1. The molecule has 51 valence electrons. The first-order chi connectivity index (χ1) is 4.74. The SMILES string of the molecule is O=Cc1[c]c(F)c(F)cc1. The van der Waals surface area contributed by atoms with Crippen molar-refractivity contribution in [1.29, 1.82) is 0 Å². The van der Waals surface area contributed by atoms with Crippen molar-refractivity contribution in [2.45, 2.75) is 0 Å². The minimum absolute atomic E-state index is 0.0129. The Morgan fingerprint density at radius 2 is 2.10 bits per heavy atom. The van der Waals surface area contributed by atoms with E-state index >= 15 is 0 Å². The molecule has 0 spiro atoms. The first kappa shape index (κ1) is 6.86. The fraction of sp³-hybridized carbons (Fsp3) is 0. The zero-order valence-electron chi connectivity index (χ0n) is 4.90. The lowest BCUT2D eigenvalue weighted by Crippen LogP contribution is -1.86. The van der Waals surface area contributed by atoms with Gasteiger partial charge in [0, 0.05) is 11.6 Å². The fourth-order valence-corrected chi connectivity index (χ4v) is 0.533. The van der Waals surface area contributed by atoms with E-state index in [0.717, 1.165) is 12.1 Å². The number of benzene rings is 1. The van der Waals surface area contributed by atoms with Gasteiger partial charge in [-0.3, -0.25) is 4.79 Å². The number of rotatable bonds is 1. The van der Waals surface area contributed by atoms with E-state index in [9.17, 15) is 13.6 Å². The molecular weight excluding hydrogens is 138 g/mol. The number of aldehydes is 1. The number of halogens is 2. The monoisotopic (exact) mass is 141 g/mol. The second-order valence-corrected chi connectivity index (χ2v) is 1.69. The van der Waals surface area contributed by atoms with E-state index in [0.29, 0.717) is 6.29 Å². The molecule has 0 aliphatic heterocycles. The van der Waals surface area contributed by atoms with E-state index in [-0.39, 0.29) is 5.56 Å². The molecule has 3 heteroatoms. The minimum Gasteiger partial charge on any atom is -0.298 e. The van der Waals surface area contributed by atoms with Gasteiger partial charge in [0.25, 0.3) is 0 Å². The van der Waals surface area contributed by atoms with E-state index < -0.39 is 11.6 Å². The van der Waals surface area contributed by atoms with Crippen LogP contribution in [0, 0.1) is 17.7 Å². The van der Waals surface area contributed by atoms with Crippen LogP contribution in [0.5, 0.6) is 0 Å². The summed E-state index contributed by atoms with van der Waals surface area (Å²) in [6.07, 6.45) is 0.405. The highest BCUT2D eigenvalue weighted by atomic mass is 19.2. The zero-order valence-corrected chi connectivity index (χ0v) is 4.90. The Morgan fingerprint density at radius 3 is 2.60 bits per heavy atom. The number of hydrogen-bond acceptors (Lipinski definition) is 1. The molecule has 1 rings (SSSR count). The average molecular weight is 141 g/mol. The Kier molecular flexibility index (Phi) is 1.76. The van der Waals surface area contributed by atoms with E-state index in [1.165, 1.54) is 0 Å². The van der Waals surface area contributed by atoms with E-state index in [2.05, 4.69) is 0 Å². The topological polar surface area (TPSA) is 17.1 Å². The summed E-state index contributed by atoms with van der Waals surface area (Å²) < 4.78 is 24.3. The molecule has 0 unspecified atom stereocenters. The fourth-order valence-electron chi connectivity index (χ4n) is 0.533. The highest BCUT2D eigenvalue weighted by molar-refractivity contribution is 5.74. The van der Waals surface area contributed by atoms with E-state index in [4.69, 9.17) is 0 Å². The highest BCUT2D eigenvalue weighted by Gasteiger charge is 2.00. The van der Waals surface area contributed by atoms with Gasteiger partial charge in [-0.2, -0.15) is 0 Å². The van der Waals surface area contributed by atoms with Crippen molar-refractivity contribution < 1.29 is 13.6 Å². The van der Waals surface area contributed by atoms with Crippen molar-refractivity contribution in [2.24, 2.45) is 0 Å². The number of carbonyl (C=O) groups excluding carboxylic acids is 1. The van der Waals surface area contributed by atoms with Crippen molar-refractivity contribution in [3.05, 3.63) is 35.4 Å². The van der Waals surface area contributed by atoms with Gasteiger partial charge in [0.1, 0.15) is 0 Å². The molecule has 1 aromatic carbocycles. The molecule has 0 heterocycles. The largest absolute Gasteiger partial charge is 0.298 e. The first-order valence-electron chi connectivity index (χ1n) is 2.56. The maximum atomic E-state index is 12.2. The summed E-state index contributed by atoms with van der Waals surface area (Å²) in [7, 11) is 0. The molecule has 1 nitrogen and oxygen atoms in total. The summed E-state index contributed by atoms with van der Waals surface area (Å²) in [6, 6.07) is 3.96. The van der Waals surface area contributed by atoms with Gasteiger partial charge < -0.3 is 0 Å². The van der Waals surface area contributed by atoms with E-state index in [1.54, 1.807) is 0 Å². The minimum atomic E-state index is -1.12. The van der Waals surface area contributed by atoms with Crippen molar-refractivity contribution in [3.63, 3.8) is 0 Å². The van der Waals surface area contributed by atoms with Crippen LogP contribution in [-0.2, 0) is 0 Å². The quantitative estimate of drug-likeness (QED) is 0.542. The highest BCUT2D eigenvalue weighted by Crippen LogP contribution is 2.05. The molecule has 0 aliphatic rings. The summed E-state index contributed by atoms with van der Waals surface area (Å²) in [5.41, 5.74) is 0.0129. The molecule has 1 aromatic rings. The van der Waals surface area contributed by atoms with Crippen LogP contribution in [-0.4, -0.2) is 6.29 Å². The van der Waals surface area contributed by atoms with Gasteiger partial charge in [0.15, 0.2) is 17.9 Å². The Balaban J connectivity index is 3.16. The molecule has 0 fully saturated rings. The Labute approximate surface area is 56.3 Å². The van der Waals surface area contributed by atoms with Crippen LogP contribution in [0.25, 0.3) is 0 Å². The van der Waals surface area contributed by atoms with Crippen LogP contribution in [0.15, 0.2) is 12.1 Å². The molecule has 1 radical (unpaired) electrons. The lowest BCUT2D eigenvalue weighted by Gasteiger charge is -1.90. The van der Waals surface area contributed by atoms with E-state index in [1.807, 2.05) is 6.07 Å². The molecule has 0 atom stereocenters. The first-order valence-corrected chi connectivity index (χ1v) is 2.56. The summed E-state index contributed by atoms with van der Waals surface area (Å²) >= 11 is 0. The van der Waals surface area contributed by atoms with Gasteiger partial charge in [-0.25, -0.2) is 8.78 Å².